The number of nitrogens with zero attached hydrogens (tertiary/aromatic N) is 1. The molecular formula is C74H74N4O17S2. The number of hydrogen-bond acceptors (Lipinski definition) is 20. The Hall–Kier alpha value is -10.9. The van der Waals surface area contributed by atoms with Crippen LogP contribution in [0.1, 0.15) is 34.6 Å². The minimum absolute atomic E-state index is 0.270. The third kappa shape index (κ3) is 24.8. The molecule has 97 heavy (non-hydrogen) atoms. The molecule has 3 amide bonds. The second-order valence-corrected chi connectivity index (χ2v) is 22.3. The van der Waals surface area contributed by atoms with E-state index in [0.717, 1.165) is 124 Å². The lowest BCUT2D eigenvalue weighted by molar-refractivity contribution is -0.237. The third-order valence-electron chi connectivity index (χ3n) is 12.9. The van der Waals surface area contributed by atoms with Gasteiger partial charge in [-0.15, -0.1) is 9.32 Å². The van der Waals surface area contributed by atoms with E-state index in [2.05, 4.69) is 20.7 Å². The molecule has 0 atom stereocenters. The largest absolute Gasteiger partial charge is 0.508 e. The van der Waals surface area contributed by atoms with E-state index in [-0.39, 0.29) is 5.75 Å². The standard InChI is InChI=1S/C14H15NO3.C13H13NO3.C12H13NO3S.C12H11NO3.C12H12O3S.C11H10O2/c1-10-4-9-13(17-10)11-5-7-12(8-6-11)18-14(16)15(2)3;1-9-3-8-12(16-9)10-4-6-11(7-5-10)17-13(15)14-2;1-9-3-8-12(14-9)10-4-6-11(7-5-10)17-16-15-13-2;1-8-2-7-11(15-8)9-3-5-10(6-4-9)16-12(13)14;1-9-3-8-12(14-9)10-4-6-11(7-5-10)16-15-13-2;1-8-2-7-11(13-8)9-3-5-10(12)6-4-9/h4-9H,1-3H3;3-8H,1-2H3,(H,14,15);3-8,13H,1-2H3;2-7H,1H3,(H2,13,14);3-8H,1-2H3;2-7,12H,1H3. The molecule has 0 spiro atoms. The molecule has 0 unspecified atom stereocenters. The van der Waals surface area contributed by atoms with Crippen LogP contribution in [-0.2, 0) is 18.5 Å². The quantitative estimate of drug-likeness (QED) is 0.0303. The molecule has 6 aromatic heterocycles. The van der Waals surface area contributed by atoms with Gasteiger partial charge in [-0.3, -0.25) is 0 Å². The average Bonchev–Trinajstić information content (AvgIpc) is 2.28. The Morgan fingerprint density at radius 3 is 0.928 bits per heavy atom. The number of hydrogen-bond donors (Lipinski definition) is 4. The van der Waals surface area contributed by atoms with Crippen LogP contribution >= 0.6 is 24.1 Å². The Bertz CT molecular complexity index is 4300. The van der Waals surface area contributed by atoms with E-state index in [1.54, 1.807) is 81.8 Å². The van der Waals surface area contributed by atoms with Gasteiger partial charge in [-0.05, 0) is 236 Å². The molecule has 0 aliphatic rings. The number of benzene rings is 6. The number of furan rings is 6. The first kappa shape index (κ1) is 73.5. The van der Waals surface area contributed by atoms with E-state index in [4.69, 9.17) is 60.2 Å². The molecule has 0 radical (unpaired) electrons. The van der Waals surface area contributed by atoms with E-state index in [9.17, 15) is 14.4 Å². The number of phenols is 1. The lowest BCUT2D eigenvalue weighted by Crippen LogP contribution is -2.25. The molecule has 504 valence electrons. The minimum atomic E-state index is -0.818. The van der Waals surface area contributed by atoms with Gasteiger partial charge < -0.3 is 61.8 Å². The molecule has 23 heteroatoms. The number of nitrogens with one attached hydrogen (secondary N) is 2. The van der Waals surface area contributed by atoms with Gasteiger partial charge in [0.2, 0.25) is 0 Å². The second-order valence-electron chi connectivity index (χ2n) is 20.7. The molecule has 6 heterocycles. The second kappa shape index (κ2) is 37.9. The summed E-state index contributed by atoms with van der Waals surface area (Å²) in [5.41, 5.74) is 13.2. The average molecular weight is 1360 g/mol. The zero-order valence-electron chi connectivity index (χ0n) is 55.1. The van der Waals surface area contributed by atoms with Gasteiger partial charge in [0.05, 0.1) is 31.2 Å². The van der Waals surface area contributed by atoms with Crippen LogP contribution in [-0.4, -0.2) is 63.6 Å². The monoisotopic (exact) mass is 1350 g/mol. The fourth-order valence-corrected chi connectivity index (χ4v) is 9.03. The van der Waals surface area contributed by atoms with Crippen molar-refractivity contribution in [2.75, 3.05) is 35.3 Å². The predicted octanol–water partition coefficient (Wildman–Crippen LogP) is 19.1. The maximum absolute atomic E-state index is 11.4. The van der Waals surface area contributed by atoms with Gasteiger partial charge in [0.1, 0.15) is 92.1 Å². The Balaban J connectivity index is 0.000000164. The molecule has 6 aromatic carbocycles. The highest BCUT2D eigenvalue weighted by Gasteiger charge is 2.11. The predicted molar refractivity (Wildman–Crippen MR) is 371 cm³/mol. The molecule has 0 saturated carbocycles. The maximum Gasteiger partial charge on any atom is 0.414 e. The fourth-order valence-electron chi connectivity index (χ4n) is 8.20. The van der Waals surface area contributed by atoms with Crippen molar-refractivity contribution in [3.63, 3.8) is 0 Å². The normalized spacial score (nSPS) is 10.3. The van der Waals surface area contributed by atoms with Crippen molar-refractivity contribution in [3.8, 4) is 90.9 Å². The van der Waals surface area contributed by atoms with Crippen molar-refractivity contribution in [1.82, 2.24) is 15.7 Å². The van der Waals surface area contributed by atoms with Crippen molar-refractivity contribution in [3.05, 3.63) is 253 Å². The molecule has 0 aliphatic carbocycles. The van der Waals surface area contributed by atoms with Crippen LogP contribution in [0.25, 0.3) is 67.9 Å². The highest BCUT2D eigenvalue weighted by Crippen LogP contribution is 2.31. The van der Waals surface area contributed by atoms with E-state index >= 15 is 0 Å². The Kier molecular flexibility index (Phi) is 28.7. The third-order valence-corrected chi connectivity index (χ3v) is 14.2. The first-order chi connectivity index (χ1) is 46.7. The number of carbonyl (C=O) groups excluding carboxylic acids is 3. The van der Waals surface area contributed by atoms with E-state index in [0.29, 0.717) is 17.2 Å². The Morgan fingerprint density at radius 2 is 0.670 bits per heavy atom. The molecule has 21 nitrogen and oxygen atoms in total. The summed E-state index contributed by atoms with van der Waals surface area (Å²) in [6.07, 6.45) is -1.69. The van der Waals surface area contributed by atoms with Crippen LogP contribution in [0.4, 0.5) is 14.4 Å². The van der Waals surface area contributed by atoms with Crippen LogP contribution in [0.2, 0.25) is 0 Å². The summed E-state index contributed by atoms with van der Waals surface area (Å²) in [5, 5.41) is 11.5. The molecular weight excluding hydrogens is 1280 g/mol. The van der Waals surface area contributed by atoms with Gasteiger partial charge in [0, 0.05) is 71.4 Å². The zero-order valence-corrected chi connectivity index (χ0v) is 56.7. The number of primary amides is 1. The van der Waals surface area contributed by atoms with Crippen molar-refractivity contribution in [2.45, 2.75) is 51.3 Å². The number of hydroxylamine groups is 1. The number of carbonyl (C=O) groups is 3. The highest BCUT2D eigenvalue weighted by molar-refractivity contribution is 7.94. The van der Waals surface area contributed by atoms with E-state index in [1.165, 1.54) is 31.1 Å². The van der Waals surface area contributed by atoms with Crippen LogP contribution in [0.5, 0.6) is 23.0 Å². The molecule has 0 saturated heterocycles. The summed E-state index contributed by atoms with van der Waals surface area (Å²) in [4.78, 5) is 45.2. The summed E-state index contributed by atoms with van der Waals surface area (Å²) < 4.78 is 57.3. The van der Waals surface area contributed by atoms with E-state index in [1.807, 2.05) is 199 Å². The van der Waals surface area contributed by atoms with Gasteiger partial charge in [-0.2, -0.15) is 9.81 Å². The first-order valence-electron chi connectivity index (χ1n) is 29.7. The van der Waals surface area contributed by atoms with Crippen LogP contribution < -0.4 is 30.7 Å². The van der Waals surface area contributed by atoms with Crippen LogP contribution in [0.15, 0.2) is 255 Å². The summed E-state index contributed by atoms with van der Waals surface area (Å²) in [7, 11) is 7.91. The molecule has 5 N–H and O–H groups in total. The van der Waals surface area contributed by atoms with Gasteiger partial charge in [-0.1, -0.05) is 24.3 Å². The molecule has 0 bridgehead atoms. The van der Waals surface area contributed by atoms with Gasteiger partial charge in [0.15, 0.2) is 0 Å². The van der Waals surface area contributed by atoms with Crippen LogP contribution in [0.3, 0.4) is 0 Å². The number of aromatic hydroxyl groups is 1. The first-order valence-corrected chi connectivity index (χ1v) is 31.2. The van der Waals surface area contributed by atoms with Crippen molar-refractivity contribution in [2.24, 2.45) is 5.73 Å². The van der Waals surface area contributed by atoms with E-state index < -0.39 is 18.3 Å². The summed E-state index contributed by atoms with van der Waals surface area (Å²) in [5.74, 6) is 12.0. The van der Waals surface area contributed by atoms with Gasteiger partial charge in [-0.25, -0.2) is 19.3 Å². The van der Waals surface area contributed by atoms with Crippen molar-refractivity contribution in [1.29, 1.82) is 0 Å². The van der Waals surface area contributed by atoms with Gasteiger partial charge >= 0.3 is 18.3 Å². The number of nitrogens with two attached hydrogens (primary N) is 1. The van der Waals surface area contributed by atoms with Gasteiger partial charge in [0.25, 0.3) is 0 Å². The topological polar surface area (TPSA) is 268 Å². The zero-order chi connectivity index (χ0) is 69.6. The highest BCUT2D eigenvalue weighted by atomic mass is 32.2. The molecule has 0 aliphatic heterocycles. The molecule has 0 fully saturated rings. The van der Waals surface area contributed by atoms with Crippen LogP contribution in [0, 0.1) is 41.5 Å². The number of rotatable bonds is 16. The number of aryl methyl sites for hydroxylation is 6. The number of phenolic OH excluding ortho intramolecular Hbond substituents is 1. The lowest BCUT2D eigenvalue weighted by Gasteiger charge is -2.10. The molecule has 12 aromatic rings. The molecule has 12 rings (SSSR count). The fraction of sp³-hybridized carbons (Fsp3) is 0.149. The SMILES string of the molecule is CNC(=O)Oc1ccc(-c2ccc(C)o2)cc1.CNOOSc1ccc(-c2ccc(C)o2)cc1.COOSc1ccc(-c2ccc(C)o2)cc1.Cc1ccc(-c2ccc(O)cc2)o1.Cc1ccc(-c2ccc(OC(=O)N(C)C)cc2)o1.Cc1ccc(-c2ccc(OC(N)=O)cc2)o1. The number of ether oxygens (including phenoxy) is 3. The summed E-state index contributed by atoms with van der Waals surface area (Å²) in [6.45, 7) is 11.4. The van der Waals surface area contributed by atoms with Crippen molar-refractivity contribution < 1.29 is 78.7 Å². The Morgan fingerprint density at radius 1 is 0.392 bits per heavy atom. The lowest BCUT2D eigenvalue weighted by atomic mass is 10.2. The van der Waals surface area contributed by atoms with Crippen molar-refractivity contribution >= 4 is 42.4 Å². The Labute approximate surface area is 570 Å². The maximum atomic E-state index is 11.4. The smallest absolute Gasteiger partial charge is 0.414 e. The summed E-state index contributed by atoms with van der Waals surface area (Å²) >= 11 is 2.32. The minimum Gasteiger partial charge on any atom is -0.508 e. The summed E-state index contributed by atoms with van der Waals surface area (Å²) in [6, 6.07) is 67.0. The number of amides is 3.